The molecule has 3 nitrogen and oxygen atoms in total. The van der Waals surface area contributed by atoms with Crippen molar-refractivity contribution in [2.45, 2.75) is 0 Å². The summed E-state index contributed by atoms with van der Waals surface area (Å²) in [5.74, 6) is 0.760. The van der Waals surface area contributed by atoms with Crippen molar-refractivity contribution in [2.24, 2.45) is 0 Å². The maximum atomic E-state index is 8.68. The number of pyridine rings is 1. The van der Waals surface area contributed by atoms with Gasteiger partial charge in [-0.15, -0.1) is 0 Å². The molecule has 1 N–H and O–H groups in total. The molecule has 0 saturated heterocycles. The van der Waals surface area contributed by atoms with E-state index in [0.29, 0.717) is 6.61 Å². The van der Waals surface area contributed by atoms with Crippen molar-refractivity contribution in [3.63, 3.8) is 0 Å². The van der Waals surface area contributed by atoms with Gasteiger partial charge in [0.05, 0.1) is 6.61 Å². The summed E-state index contributed by atoms with van der Waals surface area (Å²) in [6.45, 7) is 0.341. The summed E-state index contributed by atoms with van der Waals surface area (Å²) in [6.07, 6.45) is 3.56. The fourth-order valence-corrected chi connectivity index (χ4v) is 1.46. The lowest BCUT2D eigenvalue weighted by atomic mass is 10.1. The Balaban J connectivity index is 2.22. The summed E-state index contributed by atoms with van der Waals surface area (Å²) >= 11 is 0. The van der Waals surface area contributed by atoms with Gasteiger partial charge < -0.3 is 9.84 Å². The molecule has 3 heteroatoms. The first kappa shape index (κ1) is 10.6. The second kappa shape index (κ2) is 5.28. The molecule has 0 atom stereocenters. The Bertz CT molecular complexity index is 443. The van der Waals surface area contributed by atoms with Crippen molar-refractivity contribution in [3.8, 4) is 16.9 Å². The average molecular weight is 215 g/mol. The van der Waals surface area contributed by atoms with Gasteiger partial charge in [0.2, 0.25) is 0 Å². The number of aromatic nitrogens is 1. The normalized spacial score (nSPS) is 10.1. The molecule has 1 aromatic carbocycles. The predicted octanol–water partition coefficient (Wildman–Crippen LogP) is 2.12. The van der Waals surface area contributed by atoms with E-state index >= 15 is 0 Å². The maximum Gasteiger partial charge on any atom is 0.120 e. The molecule has 0 saturated carbocycles. The van der Waals surface area contributed by atoms with Gasteiger partial charge >= 0.3 is 0 Å². The zero-order valence-electron chi connectivity index (χ0n) is 8.84. The van der Waals surface area contributed by atoms with Crippen LogP contribution in [-0.2, 0) is 0 Å². The summed E-state index contributed by atoms with van der Waals surface area (Å²) in [5.41, 5.74) is 2.11. The van der Waals surface area contributed by atoms with Crippen LogP contribution in [0, 0.1) is 0 Å². The summed E-state index contributed by atoms with van der Waals surface area (Å²) in [4.78, 5) is 4.07. The largest absolute Gasteiger partial charge is 0.491 e. The van der Waals surface area contributed by atoms with Crippen LogP contribution in [0.15, 0.2) is 48.8 Å². The number of hydrogen-bond donors (Lipinski definition) is 1. The number of ether oxygens (including phenoxy) is 1. The van der Waals surface area contributed by atoms with Crippen LogP contribution < -0.4 is 4.74 Å². The molecule has 0 bridgehead atoms. The molecule has 82 valence electrons. The highest BCUT2D eigenvalue weighted by Gasteiger charge is 1.99. The Morgan fingerprint density at radius 2 is 2.00 bits per heavy atom. The van der Waals surface area contributed by atoms with Crippen LogP contribution >= 0.6 is 0 Å². The molecule has 0 radical (unpaired) electrons. The van der Waals surface area contributed by atoms with E-state index in [9.17, 15) is 0 Å². The van der Waals surface area contributed by atoms with Crippen molar-refractivity contribution < 1.29 is 9.84 Å². The van der Waals surface area contributed by atoms with Gasteiger partial charge in [-0.2, -0.15) is 0 Å². The molecule has 0 aliphatic rings. The molecule has 1 heterocycles. The molecular formula is C13H13NO2. The molecule has 0 unspecified atom stereocenters. The summed E-state index contributed by atoms with van der Waals surface area (Å²) < 4.78 is 5.35. The highest BCUT2D eigenvalue weighted by molar-refractivity contribution is 5.63. The van der Waals surface area contributed by atoms with Crippen molar-refractivity contribution in [3.05, 3.63) is 48.8 Å². The molecule has 0 spiro atoms. The fourth-order valence-electron chi connectivity index (χ4n) is 1.46. The first-order valence-electron chi connectivity index (χ1n) is 5.14. The monoisotopic (exact) mass is 215 g/mol. The SMILES string of the molecule is OCCOc1cccc(-c2cccnc2)c1. The molecule has 0 amide bonds. The van der Waals surface area contributed by atoms with Crippen LogP contribution in [0.5, 0.6) is 5.75 Å². The van der Waals surface area contributed by atoms with Gasteiger partial charge in [-0.3, -0.25) is 4.98 Å². The van der Waals surface area contributed by atoms with Gasteiger partial charge in [0.1, 0.15) is 12.4 Å². The zero-order valence-corrected chi connectivity index (χ0v) is 8.84. The van der Waals surface area contributed by atoms with Crippen molar-refractivity contribution in [1.82, 2.24) is 4.98 Å². The third kappa shape index (κ3) is 2.58. The Morgan fingerprint density at radius 3 is 2.75 bits per heavy atom. The topological polar surface area (TPSA) is 42.4 Å². The van der Waals surface area contributed by atoms with Gasteiger partial charge in [-0.25, -0.2) is 0 Å². The second-order valence-electron chi connectivity index (χ2n) is 3.34. The van der Waals surface area contributed by atoms with Crippen LogP contribution in [0.4, 0.5) is 0 Å². The van der Waals surface area contributed by atoms with E-state index in [1.165, 1.54) is 0 Å². The van der Waals surface area contributed by atoms with E-state index in [-0.39, 0.29) is 6.61 Å². The van der Waals surface area contributed by atoms with E-state index in [1.54, 1.807) is 6.20 Å². The fraction of sp³-hybridized carbons (Fsp3) is 0.154. The minimum absolute atomic E-state index is 0.0249. The van der Waals surface area contributed by atoms with Gasteiger partial charge in [0.15, 0.2) is 0 Å². The lowest BCUT2D eigenvalue weighted by Gasteiger charge is -2.06. The van der Waals surface area contributed by atoms with E-state index in [0.717, 1.165) is 16.9 Å². The van der Waals surface area contributed by atoms with E-state index in [1.807, 2.05) is 42.6 Å². The van der Waals surface area contributed by atoms with Gasteiger partial charge in [-0.05, 0) is 23.8 Å². The second-order valence-corrected chi connectivity index (χ2v) is 3.34. The molecular weight excluding hydrogens is 202 g/mol. The van der Waals surface area contributed by atoms with Gasteiger partial charge in [-0.1, -0.05) is 18.2 Å². The number of hydrogen-bond acceptors (Lipinski definition) is 3. The first-order chi connectivity index (χ1) is 7.90. The van der Waals surface area contributed by atoms with E-state index in [4.69, 9.17) is 9.84 Å². The zero-order chi connectivity index (χ0) is 11.2. The smallest absolute Gasteiger partial charge is 0.120 e. The van der Waals surface area contributed by atoms with E-state index in [2.05, 4.69) is 4.98 Å². The number of benzene rings is 1. The molecule has 2 rings (SSSR count). The van der Waals surface area contributed by atoms with Crippen LogP contribution in [0.1, 0.15) is 0 Å². The van der Waals surface area contributed by atoms with Gasteiger partial charge in [0, 0.05) is 18.0 Å². The van der Waals surface area contributed by atoms with Crippen LogP contribution in [0.25, 0.3) is 11.1 Å². The third-order valence-corrected chi connectivity index (χ3v) is 2.19. The van der Waals surface area contributed by atoms with Crippen molar-refractivity contribution >= 4 is 0 Å². The Hall–Kier alpha value is -1.87. The minimum Gasteiger partial charge on any atom is -0.491 e. The Morgan fingerprint density at radius 1 is 1.12 bits per heavy atom. The first-order valence-corrected chi connectivity index (χ1v) is 5.14. The molecule has 2 aromatic rings. The lowest BCUT2D eigenvalue weighted by molar-refractivity contribution is 0.201. The van der Waals surface area contributed by atoms with E-state index < -0.39 is 0 Å². The number of nitrogens with zero attached hydrogens (tertiary/aromatic N) is 1. The number of aliphatic hydroxyl groups is 1. The summed E-state index contributed by atoms with van der Waals surface area (Å²) in [5, 5.41) is 8.68. The molecule has 0 fully saturated rings. The summed E-state index contributed by atoms with van der Waals surface area (Å²) in [7, 11) is 0. The quantitative estimate of drug-likeness (QED) is 0.849. The molecule has 0 aliphatic heterocycles. The van der Waals surface area contributed by atoms with Crippen LogP contribution in [-0.4, -0.2) is 23.3 Å². The maximum absolute atomic E-state index is 8.68. The third-order valence-electron chi connectivity index (χ3n) is 2.19. The predicted molar refractivity (Wildman–Crippen MR) is 62.3 cm³/mol. The average Bonchev–Trinajstić information content (AvgIpc) is 2.38. The number of rotatable bonds is 4. The highest BCUT2D eigenvalue weighted by Crippen LogP contribution is 2.22. The molecule has 16 heavy (non-hydrogen) atoms. The minimum atomic E-state index is 0.0249. The lowest BCUT2D eigenvalue weighted by Crippen LogP contribution is -2.01. The Labute approximate surface area is 94.3 Å². The van der Waals surface area contributed by atoms with Crippen molar-refractivity contribution in [1.29, 1.82) is 0 Å². The Kier molecular flexibility index (Phi) is 3.51. The van der Waals surface area contributed by atoms with Crippen molar-refractivity contribution in [2.75, 3.05) is 13.2 Å². The van der Waals surface area contributed by atoms with Crippen LogP contribution in [0.2, 0.25) is 0 Å². The molecule has 1 aromatic heterocycles. The van der Waals surface area contributed by atoms with Gasteiger partial charge in [0.25, 0.3) is 0 Å². The standard InChI is InChI=1S/C13H13NO2/c15-7-8-16-13-5-1-3-11(9-13)12-4-2-6-14-10-12/h1-6,9-10,15H,7-8H2. The highest BCUT2D eigenvalue weighted by atomic mass is 16.5. The number of aliphatic hydroxyl groups excluding tert-OH is 1. The van der Waals surface area contributed by atoms with Crippen LogP contribution in [0.3, 0.4) is 0 Å². The summed E-state index contributed by atoms with van der Waals surface area (Å²) in [6, 6.07) is 11.6. The molecule has 0 aliphatic carbocycles.